The Morgan fingerprint density at radius 3 is 1.42 bits per heavy atom. The molecule has 0 aliphatic heterocycles. The van der Waals surface area contributed by atoms with Gasteiger partial charge < -0.3 is 52.5 Å². The number of aliphatic hydroxyl groups is 4. The summed E-state index contributed by atoms with van der Waals surface area (Å²) in [5.41, 5.74) is 4.23. The smallest absolute Gasteiger partial charge is 0.255 e. The number of rotatable bonds is 16. The fraction of sp³-hybridized carbons (Fsp3) is 0.315. The number of likely N-dealkylation sites (N-methyl/N-ethyl adjacent to an activating group) is 1. The van der Waals surface area contributed by atoms with E-state index in [9.17, 15) is 39.9 Å². The van der Waals surface area contributed by atoms with Crippen LogP contribution in [0.5, 0.6) is 5.75 Å². The molecule has 8 rings (SSSR count). The van der Waals surface area contributed by atoms with Crippen molar-refractivity contribution in [2.75, 3.05) is 40.3 Å². The van der Waals surface area contributed by atoms with Gasteiger partial charge in [-0.25, -0.2) is 0 Å². The molecule has 5 aromatic carbocycles. The fourth-order valence-corrected chi connectivity index (χ4v) is 9.59. The summed E-state index contributed by atoms with van der Waals surface area (Å²) in [5.74, 6) is -8.30. The first-order valence-corrected chi connectivity index (χ1v) is 23.3. The maximum absolute atomic E-state index is 13.7. The van der Waals surface area contributed by atoms with E-state index in [-0.39, 0.29) is 22.6 Å². The number of nitrogens with one attached hydrogen (secondary N) is 4. The Kier molecular flexibility index (Phi) is 18.1. The standard InChI is InChI=1S/C22H23ClN2O8.2C16H20N2/c1-21(32)7-6-8-15(25(2)3)17(28)13(20(24)31)19(30)22(8,33)18(29)11(7)16(27)12-10(26)5-4-9(23)14(12)21;2*1-3-7-15(8-4-1)13-17-11-12-18-14-16-9-5-2-6-10-16/h4-5,7-8,15,26-27,30,32-33H,6H2,1-3H3,(H2,24,31);2*1-10,17-18H,11-14H2/t7?,8?,15-,21-,22-;;/m0../s1. The number of fused-ring (bicyclic) bond motifs is 3. The molecule has 0 aromatic heterocycles. The van der Waals surface area contributed by atoms with Gasteiger partial charge in [0.25, 0.3) is 5.91 Å². The topological polar surface area (TPSA) is 230 Å². The van der Waals surface area contributed by atoms with Crippen molar-refractivity contribution in [2.24, 2.45) is 17.6 Å². The minimum absolute atomic E-state index is 0.0187. The molecule has 0 bridgehead atoms. The quantitative estimate of drug-likeness (QED) is 0.0441. The van der Waals surface area contributed by atoms with Gasteiger partial charge in [0.15, 0.2) is 11.4 Å². The number of primary amides is 1. The molecule has 1 fully saturated rings. The number of nitrogens with two attached hydrogens (primary N) is 1. The third kappa shape index (κ3) is 12.2. The zero-order valence-electron chi connectivity index (χ0n) is 39.2. The maximum Gasteiger partial charge on any atom is 0.255 e. The number of nitrogens with zero attached hydrogens (tertiary/aromatic N) is 1. The highest BCUT2D eigenvalue weighted by Gasteiger charge is 2.66. The summed E-state index contributed by atoms with van der Waals surface area (Å²) < 4.78 is 0. The van der Waals surface area contributed by atoms with E-state index >= 15 is 0 Å². The number of hydrogen-bond acceptors (Lipinski definition) is 13. The molecule has 5 atom stereocenters. The van der Waals surface area contributed by atoms with Gasteiger partial charge in [-0.05, 0) is 61.8 Å². The van der Waals surface area contributed by atoms with Gasteiger partial charge >= 0.3 is 0 Å². The van der Waals surface area contributed by atoms with Gasteiger partial charge in [0.1, 0.15) is 22.8 Å². The van der Waals surface area contributed by atoms with Crippen LogP contribution in [0, 0.1) is 11.8 Å². The third-order valence-electron chi connectivity index (χ3n) is 12.7. The second kappa shape index (κ2) is 23.9. The molecule has 1 amide bonds. The van der Waals surface area contributed by atoms with Crippen LogP contribution < -0.4 is 27.0 Å². The highest BCUT2D eigenvalue weighted by atomic mass is 35.5. The minimum Gasteiger partial charge on any atom is -0.508 e. The molecule has 0 radical (unpaired) electrons. The first-order chi connectivity index (χ1) is 33.1. The van der Waals surface area contributed by atoms with Crippen LogP contribution in [-0.4, -0.2) is 99.8 Å². The lowest BCUT2D eigenvalue weighted by atomic mass is 9.54. The fourth-order valence-electron chi connectivity index (χ4n) is 9.25. The Labute approximate surface area is 408 Å². The van der Waals surface area contributed by atoms with Crippen molar-refractivity contribution in [3.63, 3.8) is 0 Å². The number of halogens is 1. The summed E-state index contributed by atoms with van der Waals surface area (Å²) >= 11 is 6.28. The van der Waals surface area contributed by atoms with Crippen LogP contribution >= 0.6 is 11.6 Å². The van der Waals surface area contributed by atoms with Crippen molar-refractivity contribution in [3.05, 3.63) is 189 Å². The predicted molar refractivity (Wildman–Crippen MR) is 268 cm³/mol. The summed E-state index contributed by atoms with van der Waals surface area (Å²) in [6, 6.07) is 43.2. The van der Waals surface area contributed by atoms with Crippen molar-refractivity contribution in [1.29, 1.82) is 0 Å². The summed E-state index contributed by atoms with van der Waals surface area (Å²) in [7, 11) is 2.97. The zero-order chi connectivity index (χ0) is 49.7. The van der Waals surface area contributed by atoms with Gasteiger partial charge in [0, 0.05) is 80.4 Å². The van der Waals surface area contributed by atoms with Crippen LogP contribution in [0.2, 0.25) is 5.02 Å². The van der Waals surface area contributed by atoms with Gasteiger partial charge in [-0.15, -0.1) is 0 Å². The molecule has 3 aliphatic carbocycles. The van der Waals surface area contributed by atoms with Gasteiger partial charge in [0.05, 0.1) is 17.2 Å². The Balaban J connectivity index is 0.000000184. The Morgan fingerprint density at radius 1 is 0.667 bits per heavy atom. The number of ketones is 2. The molecule has 2 unspecified atom stereocenters. The Hall–Kier alpha value is -6.20. The highest BCUT2D eigenvalue weighted by molar-refractivity contribution is 6.32. The lowest BCUT2D eigenvalue weighted by molar-refractivity contribution is -0.159. The average Bonchev–Trinajstić information content (AvgIpc) is 3.34. The normalized spacial score (nSPS) is 21.6. The number of aromatic hydroxyl groups is 1. The van der Waals surface area contributed by atoms with E-state index in [0.717, 1.165) is 52.4 Å². The number of amides is 1. The van der Waals surface area contributed by atoms with E-state index < -0.39 is 75.0 Å². The molecule has 0 saturated heterocycles. The van der Waals surface area contributed by atoms with E-state index in [4.69, 9.17) is 17.3 Å². The van der Waals surface area contributed by atoms with Crippen molar-refractivity contribution in [2.45, 2.75) is 56.8 Å². The average molecular weight is 960 g/mol. The molecule has 3 aliphatic rings. The summed E-state index contributed by atoms with van der Waals surface area (Å²) in [4.78, 5) is 40.1. The van der Waals surface area contributed by atoms with Gasteiger partial charge in [-0.2, -0.15) is 0 Å². The highest BCUT2D eigenvalue weighted by Crippen LogP contribution is 2.58. The number of hydrogen-bond donors (Lipinski definition) is 10. The van der Waals surface area contributed by atoms with Crippen LogP contribution in [0.15, 0.2) is 150 Å². The molecular formula is C54H63ClN6O8. The van der Waals surface area contributed by atoms with Crippen molar-refractivity contribution in [1.82, 2.24) is 26.2 Å². The van der Waals surface area contributed by atoms with E-state index in [1.165, 1.54) is 60.3 Å². The molecule has 5 aromatic rings. The van der Waals surface area contributed by atoms with Crippen molar-refractivity contribution in [3.8, 4) is 5.75 Å². The van der Waals surface area contributed by atoms with Crippen LogP contribution in [0.4, 0.5) is 0 Å². The third-order valence-corrected chi connectivity index (χ3v) is 13.0. The van der Waals surface area contributed by atoms with Crippen LogP contribution in [0.3, 0.4) is 0 Å². The number of carbonyl (C=O) groups is 3. The summed E-state index contributed by atoms with van der Waals surface area (Å²) in [6.07, 6.45) is -0.259. The molecule has 364 valence electrons. The first kappa shape index (κ1) is 52.2. The SMILES string of the molecule is CN(C)[C@@H]1C(=O)C(C(N)=O)=C(O)[C@@]2(O)C(=O)C3=C(O)c4c(O)ccc(Cl)c4[C@@](C)(O)C3CC12.c1ccc(CNCCNCc2ccccc2)cc1.c1ccc(CNCCNCc2ccccc2)cc1. The first-order valence-electron chi connectivity index (χ1n) is 23.0. The van der Waals surface area contributed by atoms with Gasteiger partial charge in [0.2, 0.25) is 5.78 Å². The number of benzene rings is 5. The largest absolute Gasteiger partial charge is 0.508 e. The number of phenols is 1. The Bertz CT molecular complexity index is 2420. The van der Waals surface area contributed by atoms with Crippen LogP contribution in [0.25, 0.3) is 5.76 Å². The Morgan fingerprint density at radius 2 is 1.06 bits per heavy atom. The number of aliphatic hydroxyl groups excluding tert-OH is 2. The molecule has 14 nitrogen and oxygen atoms in total. The van der Waals surface area contributed by atoms with E-state index in [1.54, 1.807) is 0 Å². The molecule has 1 saturated carbocycles. The minimum atomic E-state index is -2.78. The summed E-state index contributed by atoms with van der Waals surface area (Å²) in [5, 5.41) is 68.9. The lowest BCUT2D eigenvalue weighted by Gasteiger charge is -2.53. The van der Waals surface area contributed by atoms with Gasteiger partial charge in [-0.3, -0.25) is 19.3 Å². The molecule has 0 heterocycles. The summed E-state index contributed by atoms with van der Waals surface area (Å²) in [6.45, 7) is 9.04. The predicted octanol–water partition coefficient (Wildman–Crippen LogP) is 5.41. The molecule has 15 heteroatoms. The van der Waals surface area contributed by atoms with E-state index in [2.05, 4.69) is 118 Å². The second-order valence-electron chi connectivity index (χ2n) is 17.7. The van der Waals surface area contributed by atoms with Crippen LogP contribution in [-0.2, 0) is 46.2 Å². The van der Waals surface area contributed by atoms with E-state index in [0.29, 0.717) is 0 Å². The zero-order valence-corrected chi connectivity index (χ0v) is 39.9. The molecule has 0 spiro atoms. The lowest BCUT2D eigenvalue weighted by Crippen LogP contribution is -2.67. The molecule has 11 N–H and O–H groups in total. The monoisotopic (exact) mass is 958 g/mol. The molecule has 69 heavy (non-hydrogen) atoms. The van der Waals surface area contributed by atoms with Gasteiger partial charge in [-0.1, -0.05) is 133 Å². The number of carbonyl (C=O) groups excluding carboxylic acids is 3. The second-order valence-corrected chi connectivity index (χ2v) is 18.1. The molecular weight excluding hydrogens is 896 g/mol. The van der Waals surface area contributed by atoms with E-state index in [1.807, 2.05) is 24.3 Å². The van der Waals surface area contributed by atoms with Crippen molar-refractivity contribution >= 4 is 34.8 Å². The maximum atomic E-state index is 13.7. The van der Waals surface area contributed by atoms with Crippen LogP contribution in [0.1, 0.15) is 46.7 Å². The van der Waals surface area contributed by atoms with Crippen molar-refractivity contribution < 1.29 is 39.9 Å². The number of Topliss-reactive ketones (excluding diaryl/α,β-unsaturated/α-hetero) is 2. The number of phenolic OH excluding ortho intramolecular Hbond substituents is 1.